The molecular formula is C32H26N2O3. The van der Waals surface area contributed by atoms with Crippen molar-refractivity contribution in [1.82, 2.24) is 0 Å². The fraction of sp³-hybridized carbons (Fsp3) is 0.125. The predicted molar refractivity (Wildman–Crippen MR) is 145 cm³/mol. The summed E-state index contributed by atoms with van der Waals surface area (Å²) in [4.78, 5) is 26.9. The molecule has 0 bridgehead atoms. The second kappa shape index (κ2) is 9.43. The Kier molecular flexibility index (Phi) is 5.81. The highest BCUT2D eigenvalue weighted by Crippen LogP contribution is 2.44. The molecule has 3 N–H and O–H groups in total. The number of ketones is 2. The second-order valence-corrected chi connectivity index (χ2v) is 9.58. The molecule has 5 heteroatoms. The van der Waals surface area contributed by atoms with Gasteiger partial charge in [-0.2, -0.15) is 0 Å². The van der Waals surface area contributed by atoms with Crippen molar-refractivity contribution in [1.29, 1.82) is 0 Å². The third-order valence-corrected chi connectivity index (χ3v) is 7.20. The number of allylic oxidation sites excluding steroid dienone is 1. The van der Waals surface area contributed by atoms with Crippen LogP contribution in [-0.2, 0) is 4.79 Å². The Morgan fingerprint density at radius 2 is 1.43 bits per heavy atom. The van der Waals surface area contributed by atoms with Crippen LogP contribution in [-0.4, -0.2) is 16.7 Å². The van der Waals surface area contributed by atoms with Crippen LogP contribution < -0.4 is 10.6 Å². The molecule has 4 aromatic carbocycles. The van der Waals surface area contributed by atoms with Gasteiger partial charge in [0.2, 0.25) is 0 Å². The van der Waals surface area contributed by atoms with E-state index in [1.54, 1.807) is 12.1 Å². The summed E-state index contributed by atoms with van der Waals surface area (Å²) >= 11 is 0. The minimum absolute atomic E-state index is 0.0550. The lowest BCUT2D eigenvalue weighted by Gasteiger charge is -2.30. The summed E-state index contributed by atoms with van der Waals surface area (Å²) in [5.74, 6) is 0.270. The van der Waals surface area contributed by atoms with E-state index < -0.39 is 0 Å². The number of carbonyl (C=O) groups excluding carboxylic acids is 2. The normalized spacial score (nSPS) is 18.6. The Labute approximate surface area is 215 Å². The summed E-state index contributed by atoms with van der Waals surface area (Å²) in [6.45, 7) is 0. The lowest BCUT2D eigenvalue weighted by atomic mass is 9.78. The smallest absolute Gasteiger partial charge is 0.193 e. The monoisotopic (exact) mass is 486 g/mol. The van der Waals surface area contributed by atoms with Crippen molar-refractivity contribution >= 4 is 22.9 Å². The van der Waals surface area contributed by atoms with Gasteiger partial charge < -0.3 is 15.7 Å². The number of phenols is 1. The number of Topliss-reactive ketones (excluding diaryl/α,β-unsaturated/α-hetero) is 1. The SMILES string of the molecule is O=C1C[C@@H](c2ccccc2)CC2=C1[C@H](c1ccc(O)cc1)Nc1ccc(C(=O)c3ccccc3)cc1N2. The fourth-order valence-electron chi connectivity index (χ4n) is 5.32. The van der Waals surface area contributed by atoms with E-state index in [4.69, 9.17) is 0 Å². The number of rotatable bonds is 4. The molecule has 0 fully saturated rings. The summed E-state index contributed by atoms with van der Waals surface area (Å²) in [6.07, 6.45) is 1.10. The Balaban J connectivity index is 1.44. The van der Waals surface area contributed by atoms with Crippen LogP contribution in [0.3, 0.4) is 0 Å². The van der Waals surface area contributed by atoms with Gasteiger partial charge in [-0.25, -0.2) is 0 Å². The van der Waals surface area contributed by atoms with Gasteiger partial charge in [0, 0.05) is 28.8 Å². The highest BCUT2D eigenvalue weighted by Gasteiger charge is 2.36. The zero-order valence-electron chi connectivity index (χ0n) is 20.1. The van der Waals surface area contributed by atoms with Gasteiger partial charge in [0.1, 0.15) is 5.75 Å². The zero-order chi connectivity index (χ0) is 25.4. The predicted octanol–water partition coefficient (Wildman–Crippen LogP) is 6.60. The highest BCUT2D eigenvalue weighted by atomic mass is 16.3. The van der Waals surface area contributed by atoms with Crippen molar-refractivity contribution in [3.05, 3.63) is 137 Å². The van der Waals surface area contributed by atoms with Gasteiger partial charge in [-0.15, -0.1) is 0 Å². The quantitative estimate of drug-likeness (QED) is 0.283. The maximum absolute atomic E-state index is 13.7. The minimum Gasteiger partial charge on any atom is -0.508 e. The number of nitrogens with one attached hydrogen (secondary N) is 2. The molecule has 6 rings (SSSR count). The molecule has 0 unspecified atom stereocenters. The van der Waals surface area contributed by atoms with Gasteiger partial charge in [-0.1, -0.05) is 72.8 Å². The molecule has 4 aromatic rings. The van der Waals surface area contributed by atoms with E-state index in [9.17, 15) is 14.7 Å². The molecule has 0 spiro atoms. The Bertz CT molecular complexity index is 1510. The molecule has 0 radical (unpaired) electrons. The summed E-state index contributed by atoms with van der Waals surface area (Å²) in [5.41, 5.74) is 6.35. The largest absolute Gasteiger partial charge is 0.508 e. The lowest BCUT2D eigenvalue weighted by Crippen LogP contribution is -2.26. The number of hydrogen-bond donors (Lipinski definition) is 3. The standard InChI is InChI=1S/C32H26N2O3/c35-25-14-11-21(12-15-25)31-30-28(18-24(19-29(30)36)20-7-3-1-4-8-20)33-27-17-23(13-16-26(27)34-31)32(37)22-9-5-2-6-10-22/h1-17,24,31,33-35H,18-19H2/t24-,31-/m0/s1. The summed E-state index contributed by atoms with van der Waals surface area (Å²) in [6, 6.07) is 31.5. The average Bonchev–Trinajstić information content (AvgIpc) is 3.10. The Morgan fingerprint density at radius 1 is 0.730 bits per heavy atom. The number of anilines is 2. The van der Waals surface area contributed by atoms with Crippen molar-refractivity contribution in [3.63, 3.8) is 0 Å². The maximum Gasteiger partial charge on any atom is 0.193 e. The molecule has 0 saturated heterocycles. The fourth-order valence-corrected chi connectivity index (χ4v) is 5.32. The number of fused-ring (bicyclic) bond motifs is 1. The molecule has 37 heavy (non-hydrogen) atoms. The van der Waals surface area contributed by atoms with E-state index in [1.807, 2.05) is 78.9 Å². The first kappa shape index (κ1) is 22.8. The summed E-state index contributed by atoms with van der Waals surface area (Å²) in [7, 11) is 0. The van der Waals surface area contributed by atoms with E-state index in [1.165, 1.54) is 0 Å². The third-order valence-electron chi connectivity index (χ3n) is 7.20. The molecule has 5 nitrogen and oxygen atoms in total. The summed E-state index contributed by atoms with van der Waals surface area (Å²) < 4.78 is 0. The van der Waals surface area contributed by atoms with Gasteiger partial charge in [0.15, 0.2) is 11.6 Å². The van der Waals surface area contributed by atoms with Crippen molar-refractivity contribution in [2.24, 2.45) is 0 Å². The zero-order valence-corrected chi connectivity index (χ0v) is 20.1. The van der Waals surface area contributed by atoms with Gasteiger partial charge >= 0.3 is 0 Å². The first-order valence-electron chi connectivity index (χ1n) is 12.4. The topological polar surface area (TPSA) is 78.4 Å². The van der Waals surface area contributed by atoms with E-state index in [0.717, 1.165) is 28.2 Å². The van der Waals surface area contributed by atoms with Crippen LogP contribution in [0.5, 0.6) is 5.75 Å². The van der Waals surface area contributed by atoms with Gasteiger partial charge in [0.05, 0.1) is 17.4 Å². The molecule has 1 heterocycles. The van der Waals surface area contributed by atoms with Crippen molar-refractivity contribution in [3.8, 4) is 5.75 Å². The molecule has 0 aromatic heterocycles. The summed E-state index contributed by atoms with van der Waals surface area (Å²) in [5, 5.41) is 16.9. The molecule has 182 valence electrons. The van der Waals surface area contributed by atoms with Crippen molar-refractivity contribution in [2.45, 2.75) is 24.8 Å². The number of benzene rings is 4. The molecule has 2 aliphatic rings. The van der Waals surface area contributed by atoms with E-state index in [0.29, 0.717) is 29.5 Å². The molecule has 1 aliphatic heterocycles. The molecule has 0 saturated carbocycles. The van der Waals surface area contributed by atoms with Crippen LogP contribution in [0.4, 0.5) is 11.4 Å². The van der Waals surface area contributed by atoms with E-state index in [2.05, 4.69) is 22.8 Å². The number of phenolic OH excluding ortho intramolecular Hbond substituents is 1. The van der Waals surface area contributed by atoms with Crippen LogP contribution in [0.15, 0.2) is 114 Å². The van der Waals surface area contributed by atoms with Crippen LogP contribution in [0.25, 0.3) is 0 Å². The van der Waals surface area contributed by atoms with E-state index >= 15 is 0 Å². The number of carbonyl (C=O) groups is 2. The van der Waals surface area contributed by atoms with Gasteiger partial charge in [0.25, 0.3) is 0 Å². The first-order valence-corrected chi connectivity index (χ1v) is 12.4. The average molecular weight is 487 g/mol. The van der Waals surface area contributed by atoms with E-state index in [-0.39, 0.29) is 29.3 Å². The Morgan fingerprint density at radius 3 is 2.16 bits per heavy atom. The molecule has 2 atom stereocenters. The molecule has 0 amide bonds. The van der Waals surface area contributed by atoms with Gasteiger partial charge in [-0.05, 0) is 53.8 Å². The highest BCUT2D eigenvalue weighted by molar-refractivity contribution is 6.10. The van der Waals surface area contributed by atoms with Crippen molar-refractivity contribution in [2.75, 3.05) is 10.6 Å². The Hall–Kier alpha value is -4.64. The number of aromatic hydroxyl groups is 1. The second-order valence-electron chi connectivity index (χ2n) is 9.58. The van der Waals surface area contributed by atoms with Crippen molar-refractivity contribution < 1.29 is 14.7 Å². The lowest BCUT2D eigenvalue weighted by molar-refractivity contribution is -0.116. The van der Waals surface area contributed by atoms with Gasteiger partial charge in [-0.3, -0.25) is 9.59 Å². The van der Waals surface area contributed by atoms with Crippen LogP contribution in [0.1, 0.15) is 51.8 Å². The molecule has 1 aliphatic carbocycles. The van der Waals surface area contributed by atoms with Crippen LogP contribution in [0.2, 0.25) is 0 Å². The minimum atomic E-state index is -0.385. The number of hydrogen-bond acceptors (Lipinski definition) is 5. The van der Waals surface area contributed by atoms with Crippen LogP contribution in [0, 0.1) is 0 Å². The first-order chi connectivity index (χ1) is 18.1. The van der Waals surface area contributed by atoms with Crippen LogP contribution >= 0.6 is 0 Å². The maximum atomic E-state index is 13.7. The molecular weight excluding hydrogens is 460 g/mol. The third kappa shape index (κ3) is 4.40.